The molecular weight excluding hydrogens is 130 g/mol. The van der Waals surface area contributed by atoms with E-state index in [1.807, 2.05) is 5.06 Å². The molecule has 0 aromatic heterocycles. The summed E-state index contributed by atoms with van der Waals surface area (Å²) in [5.41, 5.74) is 2.66. The van der Waals surface area contributed by atoms with E-state index in [4.69, 9.17) is 4.94 Å². The number of nitrogens with zero attached hydrogens (tertiary/aromatic N) is 2. The van der Waals surface area contributed by atoms with Gasteiger partial charge in [0.2, 0.25) is 0 Å². The van der Waals surface area contributed by atoms with E-state index in [0.29, 0.717) is 0 Å². The van der Waals surface area contributed by atoms with E-state index < -0.39 is 0 Å². The molecular formula is C6H15N3O. The van der Waals surface area contributed by atoms with Gasteiger partial charge in [-0.05, 0) is 7.05 Å². The van der Waals surface area contributed by atoms with Crippen LogP contribution in [0.25, 0.3) is 0 Å². The molecule has 0 radical (unpaired) electrons. The van der Waals surface area contributed by atoms with Gasteiger partial charge in [-0.25, -0.2) is 4.94 Å². The molecule has 4 heteroatoms. The van der Waals surface area contributed by atoms with E-state index >= 15 is 0 Å². The molecule has 60 valence electrons. The van der Waals surface area contributed by atoms with E-state index in [0.717, 1.165) is 26.2 Å². The summed E-state index contributed by atoms with van der Waals surface area (Å²) in [6.07, 6.45) is 0. The Bertz CT molecular complexity index is 91.0. The summed E-state index contributed by atoms with van der Waals surface area (Å²) in [4.78, 5) is 7.38. The molecule has 1 saturated heterocycles. The van der Waals surface area contributed by atoms with Crippen LogP contribution in [0, 0.1) is 0 Å². The molecule has 1 rings (SSSR count). The number of nitrogens with one attached hydrogen (secondary N) is 1. The zero-order valence-corrected chi connectivity index (χ0v) is 6.63. The molecule has 0 spiro atoms. The van der Waals surface area contributed by atoms with Gasteiger partial charge in [0, 0.05) is 33.2 Å². The van der Waals surface area contributed by atoms with Crippen LogP contribution in [0.2, 0.25) is 0 Å². The zero-order chi connectivity index (χ0) is 7.40. The Morgan fingerprint density at radius 2 is 1.80 bits per heavy atom. The lowest BCUT2D eigenvalue weighted by Crippen LogP contribution is -2.45. The minimum absolute atomic E-state index is 0.983. The van der Waals surface area contributed by atoms with E-state index in [-0.39, 0.29) is 0 Å². The van der Waals surface area contributed by atoms with Crippen LogP contribution >= 0.6 is 0 Å². The van der Waals surface area contributed by atoms with Gasteiger partial charge in [-0.1, -0.05) is 0 Å². The lowest BCUT2D eigenvalue weighted by molar-refractivity contribution is -0.216. The average molecular weight is 145 g/mol. The van der Waals surface area contributed by atoms with Gasteiger partial charge in [0.1, 0.15) is 0 Å². The highest BCUT2D eigenvalue weighted by Crippen LogP contribution is 1.96. The quantitative estimate of drug-likeness (QED) is 0.520. The third-order valence-corrected chi connectivity index (χ3v) is 1.68. The third-order valence-electron chi connectivity index (χ3n) is 1.68. The largest absolute Gasteiger partial charge is 0.304 e. The SMILES string of the molecule is CNON1CCN(C)CC1. The number of hydrogen-bond acceptors (Lipinski definition) is 4. The molecule has 0 amide bonds. The van der Waals surface area contributed by atoms with Crippen molar-refractivity contribution in [3.63, 3.8) is 0 Å². The van der Waals surface area contributed by atoms with Crippen LogP contribution in [0.15, 0.2) is 0 Å². The second-order valence-electron chi connectivity index (χ2n) is 2.53. The highest BCUT2D eigenvalue weighted by molar-refractivity contribution is 4.62. The Morgan fingerprint density at radius 3 is 2.30 bits per heavy atom. The molecule has 0 bridgehead atoms. The number of rotatable bonds is 2. The Labute approximate surface area is 61.6 Å². The van der Waals surface area contributed by atoms with Crippen molar-refractivity contribution in [2.24, 2.45) is 0 Å². The van der Waals surface area contributed by atoms with Gasteiger partial charge >= 0.3 is 0 Å². The first-order valence-corrected chi connectivity index (χ1v) is 3.60. The second-order valence-corrected chi connectivity index (χ2v) is 2.53. The third kappa shape index (κ3) is 2.22. The molecule has 0 aliphatic carbocycles. The van der Waals surface area contributed by atoms with Crippen molar-refractivity contribution in [1.82, 2.24) is 15.4 Å². The average Bonchev–Trinajstić information content (AvgIpc) is 1.95. The van der Waals surface area contributed by atoms with E-state index in [1.54, 1.807) is 7.05 Å². The van der Waals surface area contributed by atoms with Crippen molar-refractivity contribution in [2.45, 2.75) is 0 Å². The molecule has 0 aromatic rings. The number of piperazine rings is 1. The summed E-state index contributed by atoms with van der Waals surface area (Å²) in [5.74, 6) is 0. The lowest BCUT2D eigenvalue weighted by Gasteiger charge is -2.30. The van der Waals surface area contributed by atoms with E-state index in [1.165, 1.54) is 0 Å². The van der Waals surface area contributed by atoms with Crippen molar-refractivity contribution in [1.29, 1.82) is 0 Å². The van der Waals surface area contributed by atoms with Gasteiger partial charge in [-0.3, -0.25) is 0 Å². The summed E-state index contributed by atoms with van der Waals surface area (Å²) >= 11 is 0. The van der Waals surface area contributed by atoms with Crippen LogP contribution in [0.1, 0.15) is 0 Å². The Balaban J connectivity index is 2.13. The Morgan fingerprint density at radius 1 is 1.20 bits per heavy atom. The van der Waals surface area contributed by atoms with Gasteiger partial charge in [-0.15, -0.1) is 0 Å². The minimum Gasteiger partial charge on any atom is -0.304 e. The first-order chi connectivity index (χ1) is 4.83. The maximum Gasteiger partial charge on any atom is 0.0387 e. The van der Waals surface area contributed by atoms with Crippen molar-refractivity contribution < 1.29 is 4.94 Å². The molecule has 1 aliphatic rings. The fourth-order valence-corrected chi connectivity index (χ4v) is 1.01. The van der Waals surface area contributed by atoms with Crippen LogP contribution in [-0.2, 0) is 4.94 Å². The first-order valence-electron chi connectivity index (χ1n) is 3.60. The van der Waals surface area contributed by atoms with Gasteiger partial charge in [0.25, 0.3) is 0 Å². The molecule has 10 heavy (non-hydrogen) atoms. The maximum absolute atomic E-state index is 5.09. The number of hydroxylamine groups is 3. The predicted molar refractivity (Wildman–Crippen MR) is 39.2 cm³/mol. The fourth-order valence-electron chi connectivity index (χ4n) is 1.01. The molecule has 1 N–H and O–H groups in total. The molecule has 1 heterocycles. The summed E-state index contributed by atoms with van der Waals surface area (Å²) in [6, 6.07) is 0. The van der Waals surface area contributed by atoms with Crippen LogP contribution in [-0.4, -0.2) is 50.2 Å². The molecule has 0 saturated carbocycles. The summed E-state index contributed by atoms with van der Waals surface area (Å²) in [6.45, 7) is 4.14. The lowest BCUT2D eigenvalue weighted by atomic mass is 10.4. The van der Waals surface area contributed by atoms with Crippen molar-refractivity contribution in [2.75, 3.05) is 40.3 Å². The van der Waals surface area contributed by atoms with Crippen LogP contribution in [0.4, 0.5) is 0 Å². The predicted octanol–water partition coefficient (Wildman–Crippen LogP) is -0.700. The summed E-state index contributed by atoms with van der Waals surface area (Å²) in [7, 11) is 3.90. The Hall–Kier alpha value is -0.160. The number of hydrogen-bond donors (Lipinski definition) is 1. The molecule has 4 nitrogen and oxygen atoms in total. The topological polar surface area (TPSA) is 27.7 Å². The minimum atomic E-state index is 0.983. The van der Waals surface area contributed by atoms with Crippen LogP contribution < -0.4 is 5.48 Å². The van der Waals surface area contributed by atoms with Crippen LogP contribution in [0.3, 0.4) is 0 Å². The monoisotopic (exact) mass is 145 g/mol. The van der Waals surface area contributed by atoms with Gasteiger partial charge in [-0.2, -0.15) is 10.5 Å². The van der Waals surface area contributed by atoms with E-state index in [2.05, 4.69) is 17.4 Å². The van der Waals surface area contributed by atoms with Gasteiger partial charge < -0.3 is 4.90 Å². The van der Waals surface area contributed by atoms with Crippen LogP contribution in [0.5, 0.6) is 0 Å². The van der Waals surface area contributed by atoms with E-state index in [9.17, 15) is 0 Å². The second kappa shape index (κ2) is 3.88. The summed E-state index contributed by atoms with van der Waals surface area (Å²) < 4.78 is 0. The normalized spacial score (nSPS) is 23.4. The zero-order valence-electron chi connectivity index (χ0n) is 6.63. The molecule has 0 unspecified atom stereocenters. The molecule has 0 atom stereocenters. The number of likely N-dealkylation sites (N-methyl/N-ethyl adjacent to an activating group) is 1. The van der Waals surface area contributed by atoms with Crippen molar-refractivity contribution in [3.8, 4) is 0 Å². The molecule has 1 fully saturated rings. The van der Waals surface area contributed by atoms with Crippen molar-refractivity contribution in [3.05, 3.63) is 0 Å². The standard InChI is InChI=1S/C6H15N3O/c1-7-10-9-5-3-8(2)4-6-9/h7H,3-6H2,1-2H3. The Kier molecular flexibility index (Phi) is 3.08. The molecule has 0 aromatic carbocycles. The van der Waals surface area contributed by atoms with Crippen molar-refractivity contribution >= 4 is 0 Å². The maximum atomic E-state index is 5.09. The first kappa shape index (κ1) is 7.94. The molecule has 1 aliphatic heterocycles. The summed E-state index contributed by atoms with van der Waals surface area (Å²) in [5, 5.41) is 1.93. The van der Waals surface area contributed by atoms with Gasteiger partial charge in [0.05, 0.1) is 0 Å². The fraction of sp³-hybridized carbons (Fsp3) is 1.00. The highest BCUT2D eigenvalue weighted by Gasteiger charge is 2.13. The smallest absolute Gasteiger partial charge is 0.0387 e. The van der Waals surface area contributed by atoms with Gasteiger partial charge in [0.15, 0.2) is 0 Å². The highest BCUT2D eigenvalue weighted by atomic mass is 16.8.